The number of hydrogen-bond acceptors (Lipinski definition) is 4. The first-order chi connectivity index (χ1) is 16.8. The lowest BCUT2D eigenvalue weighted by atomic mass is 9.70. The molecule has 4 rings (SSSR count). The van der Waals surface area contributed by atoms with E-state index in [1.54, 1.807) is 12.1 Å². The second kappa shape index (κ2) is 10.7. The largest absolute Gasteiger partial charge is 0.490 e. The van der Waals surface area contributed by atoms with Crippen molar-refractivity contribution in [1.29, 1.82) is 0 Å². The molecule has 0 radical (unpaired) electrons. The van der Waals surface area contributed by atoms with Gasteiger partial charge >= 0.3 is 11.9 Å². The predicted octanol–water partition coefficient (Wildman–Crippen LogP) is 5.81. The van der Waals surface area contributed by atoms with E-state index in [0.717, 1.165) is 62.3 Å². The van der Waals surface area contributed by atoms with Crippen LogP contribution in [0.5, 0.6) is 5.75 Å². The Hall–Kier alpha value is -2.99. The van der Waals surface area contributed by atoms with Gasteiger partial charge in [-0.15, -0.1) is 6.58 Å². The summed E-state index contributed by atoms with van der Waals surface area (Å²) in [6.45, 7) is 5.87. The zero-order chi connectivity index (χ0) is 25.0. The van der Waals surface area contributed by atoms with Crippen LogP contribution in [0.4, 0.5) is 5.69 Å². The summed E-state index contributed by atoms with van der Waals surface area (Å²) >= 11 is 6.31. The highest BCUT2D eigenvalue weighted by Gasteiger charge is 2.41. The number of nitrogens with zero attached hydrogens (tertiary/aromatic N) is 1. The van der Waals surface area contributed by atoms with Gasteiger partial charge in [-0.2, -0.15) is 0 Å². The molecule has 2 aliphatic rings. The summed E-state index contributed by atoms with van der Waals surface area (Å²) in [5.41, 5.74) is 3.63. The van der Waals surface area contributed by atoms with Crippen molar-refractivity contribution in [1.82, 2.24) is 0 Å². The molecule has 1 spiro atoms. The highest BCUT2D eigenvalue weighted by molar-refractivity contribution is 6.30. The van der Waals surface area contributed by atoms with Gasteiger partial charge in [-0.05, 0) is 79.5 Å². The summed E-state index contributed by atoms with van der Waals surface area (Å²) in [7, 11) is 0. The molecule has 7 heteroatoms. The Bertz CT molecular complexity index is 1120. The zero-order valence-corrected chi connectivity index (χ0v) is 20.6. The topological polar surface area (TPSA) is 87.1 Å². The first-order valence-electron chi connectivity index (χ1n) is 12.2. The molecule has 0 aromatic heterocycles. The van der Waals surface area contributed by atoms with Crippen LogP contribution in [-0.2, 0) is 21.4 Å². The summed E-state index contributed by atoms with van der Waals surface area (Å²) in [4.78, 5) is 25.5. The lowest BCUT2D eigenvalue weighted by Gasteiger charge is -2.41. The predicted molar refractivity (Wildman–Crippen MR) is 137 cm³/mol. The van der Waals surface area contributed by atoms with Crippen LogP contribution in [0, 0.1) is 0 Å². The first kappa shape index (κ1) is 25.1. The number of unbranched alkanes of at least 4 members (excludes halogenated alkanes) is 2. The van der Waals surface area contributed by atoms with Gasteiger partial charge in [0.2, 0.25) is 0 Å². The molecule has 1 aliphatic heterocycles. The number of anilines is 1. The number of aryl methyl sites for hydroxylation is 1. The molecular formula is C28H32ClNO5. The summed E-state index contributed by atoms with van der Waals surface area (Å²) in [6, 6.07) is 11.4. The van der Waals surface area contributed by atoms with Gasteiger partial charge in [0.05, 0.1) is 24.6 Å². The monoisotopic (exact) mass is 497 g/mol. The molecule has 1 aliphatic carbocycles. The van der Waals surface area contributed by atoms with Gasteiger partial charge in [0, 0.05) is 23.5 Å². The number of carbonyl (C=O) groups is 2. The number of carboxylic acids is 2. The molecule has 1 heterocycles. The van der Waals surface area contributed by atoms with Crippen molar-refractivity contribution >= 4 is 29.2 Å². The van der Waals surface area contributed by atoms with E-state index in [4.69, 9.17) is 16.3 Å². The van der Waals surface area contributed by atoms with Crippen LogP contribution in [0.15, 0.2) is 49.1 Å². The summed E-state index contributed by atoms with van der Waals surface area (Å²) < 4.78 is 6.41. The average Bonchev–Trinajstić information content (AvgIpc) is 2.97. The minimum Gasteiger partial charge on any atom is -0.490 e. The van der Waals surface area contributed by atoms with Gasteiger partial charge in [0.25, 0.3) is 0 Å². The molecule has 2 aromatic rings. The smallest absolute Gasteiger partial charge is 0.311 e. The third-order valence-electron chi connectivity index (χ3n) is 7.23. The van der Waals surface area contributed by atoms with Crippen molar-refractivity contribution in [3.63, 3.8) is 0 Å². The van der Waals surface area contributed by atoms with Gasteiger partial charge < -0.3 is 19.8 Å². The second-order valence-corrected chi connectivity index (χ2v) is 10.1. The van der Waals surface area contributed by atoms with Gasteiger partial charge in [0.15, 0.2) is 0 Å². The van der Waals surface area contributed by atoms with E-state index >= 15 is 0 Å². The van der Waals surface area contributed by atoms with Crippen LogP contribution in [-0.4, -0.2) is 41.8 Å². The number of fused-ring (bicyclic) bond motifs is 3. The lowest BCUT2D eigenvalue weighted by molar-refractivity contribution is -0.145. The van der Waals surface area contributed by atoms with Gasteiger partial charge in [-0.1, -0.05) is 29.8 Å². The number of aliphatic carboxylic acids is 2. The Morgan fingerprint density at radius 3 is 2.77 bits per heavy atom. The van der Waals surface area contributed by atoms with Crippen LogP contribution < -0.4 is 9.64 Å². The van der Waals surface area contributed by atoms with E-state index in [-0.39, 0.29) is 5.41 Å². The fourth-order valence-electron chi connectivity index (χ4n) is 5.50. The number of benzene rings is 2. The minimum absolute atomic E-state index is 0.205. The van der Waals surface area contributed by atoms with Crippen LogP contribution >= 0.6 is 11.6 Å². The Morgan fingerprint density at radius 2 is 2.03 bits per heavy atom. The van der Waals surface area contributed by atoms with Gasteiger partial charge in [-0.25, -0.2) is 0 Å². The normalized spacial score (nSPS) is 19.7. The number of ether oxygens (including phenoxy) is 1. The molecule has 0 amide bonds. The molecule has 2 N–H and O–H groups in total. The maximum Gasteiger partial charge on any atom is 0.311 e. The van der Waals surface area contributed by atoms with Crippen LogP contribution in [0.2, 0.25) is 5.02 Å². The first-order valence-corrected chi connectivity index (χ1v) is 12.6. The number of hydrogen-bond donors (Lipinski definition) is 2. The minimum atomic E-state index is -1.14. The Balaban J connectivity index is 1.73. The number of allylic oxidation sites excluding steroid dienone is 1. The maximum atomic E-state index is 11.9. The summed E-state index contributed by atoms with van der Waals surface area (Å²) in [5.74, 6) is -2.69. The summed E-state index contributed by atoms with van der Waals surface area (Å²) in [5, 5.41) is 19.7. The molecule has 0 saturated carbocycles. The van der Waals surface area contributed by atoms with Crippen molar-refractivity contribution in [2.24, 2.45) is 0 Å². The van der Waals surface area contributed by atoms with Crippen LogP contribution in [0.1, 0.15) is 61.1 Å². The van der Waals surface area contributed by atoms with Gasteiger partial charge in [0.1, 0.15) is 5.75 Å². The highest BCUT2D eigenvalue weighted by Crippen LogP contribution is 2.45. The van der Waals surface area contributed by atoms with Gasteiger partial charge in [-0.3, -0.25) is 9.59 Å². The van der Waals surface area contributed by atoms with Crippen molar-refractivity contribution in [3.05, 3.63) is 70.8 Å². The number of halogens is 1. The zero-order valence-electron chi connectivity index (χ0n) is 19.8. The third-order valence-corrected chi connectivity index (χ3v) is 7.46. The van der Waals surface area contributed by atoms with E-state index in [1.807, 2.05) is 18.2 Å². The molecule has 0 fully saturated rings. The molecule has 0 saturated heterocycles. The Morgan fingerprint density at radius 1 is 1.20 bits per heavy atom. The van der Waals surface area contributed by atoms with E-state index in [9.17, 15) is 19.8 Å². The SMILES string of the molecule is C=CCCCCN1C[C@@]2(CCCc3cc(Cl)ccc32)COc2ccc([C@H](CC(=O)O)C(=O)O)cc21. The Labute approximate surface area is 211 Å². The standard InChI is InChI=1S/C28H32ClNO5/c1-2-3-4-5-13-30-17-28(12-6-7-20-14-21(29)9-10-23(20)28)18-35-25-11-8-19(15-24(25)30)22(27(33)34)16-26(31)32/h2,8-11,14-15,22H,1,3-7,12-13,16-18H2,(H,31,32)(H,33,34)/t22-,28-/m0/s1. The van der Waals surface area contributed by atoms with Crippen molar-refractivity contribution < 1.29 is 24.5 Å². The quantitative estimate of drug-likeness (QED) is 0.335. The Kier molecular flexibility index (Phi) is 7.70. The van der Waals surface area contributed by atoms with Crippen molar-refractivity contribution in [2.45, 2.75) is 56.3 Å². The molecule has 6 nitrogen and oxygen atoms in total. The van der Waals surface area contributed by atoms with E-state index in [2.05, 4.69) is 23.6 Å². The van der Waals surface area contributed by atoms with Crippen LogP contribution in [0.3, 0.4) is 0 Å². The lowest BCUT2D eigenvalue weighted by Crippen LogP contribution is -2.46. The molecular weight excluding hydrogens is 466 g/mol. The van der Waals surface area contributed by atoms with E-state index in [0.29, 0.717) is 17.9 Å². The molecule has 35 heavy (non-hydrogen) atoms. The molecule has 0 unspecified atom stereocenters. The molecule has 186 valence electrons. The molecule has 0 bridgehead atoms. The van der Waals surface area contributed by atoms with Crippen molar-refractivity contribution in [2.75, 3.05) is 24.6 Å². The van der Waals surface area contributed by atoms with Crippen molar-refractivity contribution in [3.8, 4) is 5.75 Å². The third kappa shape index (κ3) is 5.48. The maximum absolute atomic E-state index is 11.9. The molecule has 2 atom stereocenters. The summed E-state index contributed by atoms with van der Waals surface area (Å²) in [6.07, 6.45) is 7.37. The molecule has 2 aromatic carbocycles. The van der Waals surface area contributed by atoms with E-state index < -0.39 is 24.3 Å². The second-order valence-electron chi connectivity index (χ2n) is 9.65. The fourth-order valence-corrected chi connectivity index (χ4v) is 5.69. The van der Waals surface area contributed by atoms with Crippen LogP contribution in [0.25, 0.3) is 0 Å². The fraction of sp³-hybridized carbons (Fsp3) is 0.429. The average molecular weight is 498 g/mol. The number of rotatable bonds is 9. The van der Waals surface area contributed by atoms with E-state index in [1.165, 1.54) is 11.1 Å². The number of carboxylic acid groups (broad SMARTS) is 2. The highest BCUT2D eigenvalue weighted by atomic mass is 35.5.